The van der Waals surface area contributed by atoms with Gasteiger partial charge in [0.25, 0.3) is 0 Å². The first kappa shape index (κ1) is 13.4. The van der Waals surface area contributed by atoms with Crippen LogP contribution in [0.25, 0.3) is 0 Å². The molecule has 0 spiro atoms. The topological polar surface area (TPSA) is 38.5 Å². The Balaban J connectivity index is 2.14. The van der Waals surface area contributed by atoms with Crippen LogP contribution in [-0.4, -0.2) is 35.7 Å². The number of ether oxygens (including phenoxy) is 1. The average Bonchev–Trinajstić information content (AvgIpc) is 2.31. The number of morpholine rings is 1. The molecule has 0 amide bonds. The number of hydrogen-bond acceptors (Lipinski definition) is 3. The molecule has 1 aliphatic heterocycles. The van der Waals surface area contributed by atoms with Gasteiger partial charge < -0.3 is 10.5 Å². The van der Waals surface area contributed by atoms with Gasteiger partial charge in [-0.1, -0.05) is 24.4 Å². The summed E-state index contributed by atoms with van der Waals surface area (Å²) in [4.78, 5) is 2.28. The highest BCUT2D eigenvalue weighted by Gasteiger charge is 2.19. The van der Waals surface area contributed by atoms with E-state index in [2.05, 4.69) is 4.90 Å². The number of nitrogens with two attached hydrogens (primary N) is 1. The van der Waals surface area contributed by atoms with E-state index in [1.165, 1.54) is 0 Å². The second-order valence-electron chi connectivity index (χ2n) is 4.56. The van der Waals surface area contributed by atoms with Gasteiger partial charge in [0.15, 0.2) is 0 Å². The van der Waals surface area contributed by atoms with Crippen molar-refractivity contribution in [3.05, 3.63) is 35.1 Å². The molecule has 1 fully saturated rings. The molecule has 1 saturated heterocycles. The highest BCUT2D eigenvalue weighted by atomic mass is 32.1. The van der Waals surface area contributed by atoms with Gasteiger partial charge in [-0.15, -0.1) is 0 Å². The first-order valence-electron chi connectivity index (χ1n) is 5.99. The lowest BCUT2D eigenvalue weighted by Crippen LogP contribution is -2.40. The fourth-order valence-corrected chi connectivity index (χ4v) is 2.32. The zero-order chi connectivity index (χ0) is 13.1. The third-order valence-corrected chi connectivity index (χ3v) is 3.28. The number of thiocarbonyl (C=S) groups is 1. The minimum absolute atomic E-state index is 0.102. The molecule has 1 aromatic carbocycles. The van der Waals surface area contributed by atoms with Gasteiger partial charge in [-0.2, -0.15) is 0 Å². The van der Waals surface area contributed by atoms with Crippen molar-refractivity contribution in [1.29, 1.82) is 0 Å². The van der Waals surface area contributed by atoms with Crippen molar-refractivity contribution in [3.63, 3.8) is 0 Å². The second-order valence-corrected chi connectivity index (χ2v) is 5.00. The van der Waals surface area contributed by atoms with E-state index in [0.29, 0.717) is 24.3 Å². The van der Waals surface area contributed by atoms with E-state index in [1.807, 2.05) is 6.92 Å². The van der Waals surface area contributed by atoms with Gasteiger partial charge >= 0.3 is 0 Å². The quantitative estimate of drug-likeness (QED) is 0.847. The Labute approximate surface area is 112 Å². The van der Waals surface area contributed by atoms with Gasteiger partial charge in [0.2, 0.25) is 0 Å². The number of halogens is 1. The largest absolute Gasteiger partial charge is 0.389 e. The normalized spacial score (nSPS) is 20.9. The van der Waals surface area contributed by atoms with Gasteiger partial charge in [0, 0.05) is 30.8 Å². The van der Waals surface area contributed by atoms with Crippen molar-refractivity contribution in [1.82, 2.24) is 4.90 Å². The Bertz CT molecular complexity index is 453. The van der Waals surface area contributed by atoms with E-state index in [0.717, 1.165) is 13.1 Å². The molecule has 0 bridgehead atoms. The van der Waals surface area contributed by atoms with Gasteiger partial charge in [-0.25, -0.2) is 4.39 Å². The maximum Gasteiger partial charge on any atom is 0.137 e. The summed E-state index contributed by atoms with van der Waals surface area (Å²) in [7, 11) is 0. The first-order valence-corrected chi connectivity index (χ1v) is 6.40. The minimum Gasteiger partial charge on any atom is -0.389 e. The highest BCUT2D eigenvalue weighted by molar-refractivity contribution is 7.80. The molecule has 1 aliphatic rings. The lowest BCUT2D eigenvalue weighted by molar-refractivity contribution is -0.0215. The van der Waals surface area contributed by atoms with Crippen LogP contribution < -0.4 is 5.73 Å². The monoisotopic (exact) mass is 268 g/mol. The zero-order valence-electron chi connectivity index (χ0n) is 10.4. The summed E-state index contributed by atoms with van der Waals surface area (Å²) in [6.07, 6.45) is 0.195. The maximum atomic E-state index is 14.2. The van der Waals surface area contributed by atoms with Crippen LogP contribution in [0.1, 0.15) is 18.1 Å². The summed E-state index contributed by atoms with van der Waals surface area (Å²) in [6, 6.07) is 5.18. The van der Waals surface area contributed by atoms with E-state index in [1.54, 1.807) is 18.2 Å². The Morgan fingerprint density at radius 2 is 2.39 bits per heavy atom. The Morgan fingerprint density at radius 1 is 1.61 bits per heavy atom. The fourth-order valence-electron chi connectivity index (χ4n) is 2.17. The summed E-state index contributed by atoms with van der Waals surface area (Å²) in [5, 5.41) is 0. The summed E-state index contributed by atoms with van der Waals surface area (Å²) in [6.45, 7) is 4.92. The lowest BCUT2D eigenvalue weighted by Gasteiger charge is -2.31. The Morgan fingerprint density at radius 3 is 3.06 bits per heavy atom. The molecule has 1 heterocycles. The Kier molecular flexibility index (Phi) is 4.27. The van der Waals surface area contributed by atoms with E-state index in [9.17, 15) is 4.39 Å². The average molecular weight is 268 g/mol. The first-order chi connectivity index (χ1) is 8.58. The predicted octanol–water partition coefficient (Wildman–Crippen LogP) is 1.68. The molecule has 18 heavy (non-hydrogen) atoms. The van der Waals surface area contributed by atoms with E-state index in [4.69, 9.17) is 22.7 Å². The molecular weight excluding hydrogens is 251 g/mol. The van der Waals surface area contributed by atoms with E-state index in [-0.39, 0.29) is 16.9 Å². The molecule has 0 aliphatic carbocycles. The van der Waals surface area contributed by atoms with Crippen molar-refractivity contribution in [2.45, 2.75) is 19.6 Å². The van der Waals surface area contributed by atoms with Crippen LogP contribution in [0.3, 0.4) is 0 Å². The van der Waals surface area contributed by atoms with Gasteiger partial charge in [-0.3, -0.25) is 4.90 Å². The molecule has 98 valence electrons. The van der Waals surface area contributed by atoms with E-state index >= 15 is 0 Å². The smallest absolute Gasteiger partial charge is 0.137 e. The van der Waals surface area contributed by atoms with Crippen LogP contribution in [-0.2, 0) is 11.3 Å². The zero-order valence-corrected chi connectivity index (χ0v) is 11.2. The molecule has 5 heteroatoms. The SMILES string of the molecule is CC1CN(Cc2cccc(C(N)=S)c2F)CCO1. The maximum absolute atomic E-state index is 14.2. The van der Waals surface area contributed by atoms with Crippen molar-refractivity contribution in [2.75, 3.05) is 19.7 Å². The van der Waals surface area contributed by atoms with Gasteiger partial charge in [0.1, 0.15) is 10.8 Å². The molecule has 0 aromatic heterocycles. The third-order valence-electron chi connectivity index (χ3n) is 3.06. The van der Waals surface area contributed by atoms with Crippen LogP contribution in [0.2, 0.25) is 0 Å². The third kappa shape index (κ3) is 3.04. The summed E-state index contributed by atoms with van der Waals surface area (Å²) < 4.78 is 19.6. The number of nitrogens with zero attached hydrogens (tertiary/aromatic N) is 1. The summed E-state index contributed by atoms with van der Waals surface area (Å²) in [5.41, 5.74) is 6.45. The molecule has 0 radical (unpaired) electrons. The Hall–Kier alpha value is -1.04. The van der Waals surface area contributed by atoms with Crippen molar-refractivity contribution >= 4 is 17.2 Å². The second kappa shape index (κ2) is 5.73. The number of hydrogen-bond donors (Lipinski definition) is 1. The van der Waals surface area contributed by atoms with Crippen LogP contribution in [0.15, 0.2) is 18.2 Å². The minimum atomic E-state index is -0.302. The molecule has 3 nitrogen and oxygen atoms in total. The molecule has 1 atom stereocenters. The van der Waals surface area contributed by atoms with Crippen LogP contribution in [0.5, 0.6) is 0 Å². The number of benzene rings is 1. The summed E-state index contributed by atoms with van der Waals surface area (Å²) >= 11 is 4.84. The molecule has 2 N–H and O–H groups in total. The fraction of sp³-hybridized carbons (Fsp3) is 0.462. The van der Waals surface area contributed by atoms with Crippen LogP contribution in [0, 0.1) is 5.82 Å². The standard InChI is InChI=1S/C13H17FN2OS/c1-9-7-16(5-6-17-9)8-10-3-2-4-11(12(10)14)13(15)18/h2-4,9H,5-8H2,1H3,(H2,15,18). The molecule has 1 aromatic rings. The van der Waals surface area contributed by atoms with Crippen LogP contribution in [0.4, 0.5) is 4.39 Å². The highest BCUT2D eigenvalue weighted by Crippen LogP contribution is 2.16. The van der Waals surface area contributed by atoms with Crippen molar-refractivity contribution in [2.24, 2.45) is 5.73 Å². The molecule has 1 unspecified atom stereocenters. The molecule has 0 saturated carbocycles. The van der Waals surface area contributed by atoms with Gasteiger partial charge in [0.05, 0.1) is 12.7 Å². The predicted molar refractivity (Wildman–Crippen MR) is 73.0 cm³/mol. The van der Waals surface area contributed by atoms with Crippen molar-refractivity contribution in [3.8, 4) is 0 Å². The number of rotatable bonds is 3. The van der Waals surface area contributed by atoms with Gasteiger partial charge in [-0.05, 0) is 13.0 Å². The van der Waals surface area contributed by atoms with E-state index < -0.39 is 0 Å². The van der Waals surface area contributed by atoms with Crippen LogP contribution >= 0.6 is 12.2 Å². The summed E-state index contributed by atoms with van der Waals surface area (Å²) in [5.74, 6) is -0.302. The molecule has 2 rings (SSSR count). The van der Waals surface area contributed by atoms with Crippen molar-refractivity contribution < 1.29 is 9.13 Å². The lowest BCUT2D eigenvalue weighted by atomic mass is 10.1. The molecular formula is C13H17FN2OS.